The molecule has 2 atom stereocenters. The highest BCUT2D eigenvalue weighted by atomic mass is 32.2. The summed E-state index contributed by atoms with van der Waals surface area (Å²) < 4.78 is 37.6. The highest BCUT2D eigenvalue weighted by molar-refractivity contribution is 7.88. The molecule has 0 aliphatic carbocycles. The molecule has 0 bridgehead atoms. The minimum atomic E-state index is -5.30. The second-order valence-corrected chi connectivity index (χ2v) is 8.30. The zero-order chi connectivity index (χ0) is 20.9. The van der Waals surface area contributed by atoms with Gasteiger partial charge in [0.25, 0.3) is 0 Å². The average molecular weight is 411 g/mol. The number of aliphatic carboxylic acids is 2. The number of ether oxygens (including phenoxy) is 1. The maximum absolute atomic E-state index is 11.7. The van der Waals surface area contributed by atoms with E-state index in [1.807, 2.05) is 0 Å². The van der Waals surface area contributed by atoms with E-state index in [0.717, 1.165) is 25.7 Å². The number of hydrogen-bond donors (Lipinski definition) is 3. The van der Waals surface area contributed by atoms with Gasteiger partial charge in [0.05, 0.1) is 0 Å². The van der Waals surface area contributed by atoms with E-state index >= 15 is 0 Å². The molecule has 0 aromatic carbocycles. The van der Waals surface area contributed by atoms with E-state index in [9.17, 15) is 32.8 Å². The van der Waals surface area contributed by atoms with Crippen molar-refractivity contribution in [1.82, 2.24) is 0 Å². The summed E-state index contributed by atoms with van der Waals surface area (Å²) in [5.41, 5.74) is 0. The van der Waals surface area contributed by atoms with Crippen molar-refractivity contribution in [3.63, 3.8) is 0 Å². The van der Waals surface area contributed by atoms with Crippen molar-refractivity contribution in [3.05, 3.63) is 0 Å². The largest absolute Gasteiger partial charge is 0.481 e. The molecule has 2 unspecified atom stereocenters. The quantitative estimate of drug-likeness (QED) is 0.244. The van der Waals surface area contributed by atoms with Gasteiger partial charge in [-0.2, -0.15) is 8.42 Å². The van der Waals surface area contributed by atoms with E-state index in [-0.39, 0.29) is 13.0 Å². The standard InChI is InChI=1S/C18H34O8S/c1-3-5-6-7-8-9-10-11-12-13-14-15(16(19)20)18(17(21)22,26-4-2)27(23,24)25/h15H,3-14H2,1-2H3,(H,19,20)(H,21,22)(H,23,24,25). The fourth-order valence-electron chi connectivity index (χ4n) is 3.20. The summed E-state index contributed by atoms with van der Waals surface area (Å²) in [5, 5.41) is 18.7. The molecule has 0 aromatic heterocycles. The number of rotatable bonds is 17. The van der Waals surface area contributed by atoms with Gasteiger partial charge in [0.1, 0.15) is 5.92 Å². The molecule has 9 heteroatoms. The minimum Gasteiger partial charge on any atom is -0.481 e. The third-order valence-corrected chi connectivity index (χ3v) is 5.99. The van der Waals surface area contributed by atoms with Crippen LogP contribution in [-0.2, 0) is 24.4 Å². The van der Waals surface area contributed by atoms with Crippen molar-refractivity contribution < 1.29 is 37.5 Å². The topological polar surface area (TPSA) is 138 Å². The summed E-state index contributed by atoms with van der Waals surface area (Å²) in [6, 6.07) is 0. The molecule has 0 heterocycles. The van der Waals surface area contributed by atoms with Crippen molar-refractivity contribution in [2.75, 3.05) is 6.61 Å². The maximum Gasteiger partial charge on any atom is 0.355 e. The second kappa shape index (κ2) is 13.1. The molecule has 0 saturated carbocycles. The normalized spacial score (nSPS) is 15.2. The van der Waals surface area contributed by atoms with E-state index < -0.39 is 32.9 Å². The molecule has 160 valence electrons. The molecule has 0 radical (unpaired) electrons. The molecule has 0 spiro atoms. The Morgan fingerprint density at radius 2 is 1.33 bits per heavy atom. The molecule has 0 saturated heterocycles. The fourth-order valence-corrected chi connectivity index (χ4v) is 4.27. The predicted molar refractivity (Wildman–Crippen MR) is 101 cm³/mol. The van der Waals surface area contributed by atoms with Gasteiger partial charge in [-0.1, -0.05) is 71.1 Å². The van der Waals surface area contributed by atoms with Gasteiger partial charge in [-0.15, -0.1) is 0 Å². The van der Waals surface area contributed by atoms with Gasteiger partial charge in [0, 0.05) is 6.61 Å². The third-order valence-electron chi connectivity index (χ3n) is 4.64. The lowest BCUT2D eigenvalue weighted by atomic mass is 9.94. The van der Waals surface area contributed by atoms with E-state index in [1.54, 1.807) is 0 Å². The Hall–Kier alpha value is -1.19. The first-order chi connectivity index (χ1) is 12.6. The summed E-state index contributed by atoms with van der Waals surface area (Å²) in [4.78, 5) is 19.9. The lowest BCUT2D eigenvalue weighted by Gasteiger charge is -2.31. The van der Waals surface area contributed by atoms with E-state index in [0.29, 0.717) is 12.8 Å². The highest BCUT2D eigenvalue weighted by Gasteiger charge is 2.60. The monoisotopic (exact) mass is 410 g/mol. The van der Waals surface area contributed by atoms with Crippen LogP contribution in [0.1, 0.15) is 84.5 Å². The molecule has 0 aromatic rings. The number of hydrogen-bond acceptors (Lipinski definition) is 5. The van der Waals surface area contributed by atoms with Gasteiger partial charge in [0.2, 0.25) is 0 Å². The summed E-state index contributed by atoms with van der Waals surface area (Å²) in [6.07, 6.45) is 9.79. The zero-order valence-electron chi connectivity index (χ0n) is 16.4. The second-order valence-electron chi connectivity index (χ2n) is 6.74. The van der Waals surface area contributed by atoms with Crippen LogP contribution in [0.15, 0.2) is 0 Å². The molecule has 3 N–H and O–H groups in total. The molecular formula is C18H34O8S. The van der Waals surface area contributed by atoms with E-state index in [4.69, 9.17) is 4.74 Å². The Kier molecular flexibility index (Phi) is 12.5. The number of carboxylic acids is 2. The predicted octanol–water partition coefficient (Wildman–Crippen LogP) is 3.70. The van der Waals surface area contributed by atoms with Crippen molar-refractivity contribution in [3.8, 4) is 0 Å². The minimum absolute atomic E-state index is 0.210. The van der Waals surface area contributed by atoms with Crippen molar-refractivity contribution in [1.29, 1.82) is 0 Å². The van der Waals surface area contributed by atoms with Crippen LogP contribution in [0.2, 0.25) is 0 Å². The average Bonchev–Trinajstić information content (AvgIpc) is 2.56. The zero-order valence-corrected chi connectivity index (χ0v) is 17.2. The molecular weight excluding hydrogens is 376 g/mol. The van der Waals surface area contributed by atoms with Gasteiger partial charge < -0.3 is 14.9 Å². The fraction of sp³-hybridized carbons (Fsp3) is 0.889. The van der Waals surface area contributed by atoms with Crippen molar-refractivity contribution in [2.45, 2.75) is 89.4 Å². The van der Waals surface area contributed by atoms with Crippen LogP contribution in [0.3, 0.4) is 0 Å². The van der Waals surface area contributed by atoms with Crippen LogP contribution in [-0.4, -0.2) is 46.7 Å². The van der Waals surface area contributed by atoms with Crippen LogP contribution < -0.4 is 0 Å². The first kappa shape index (κ1) is 25.8. The van der Waals surface area contributed by atoms with Crippen LogP contribution in [0.4, 0.5) is 0 Å². The summed E-state index contributed by atoms with van der Waals surface area (Å²) in [5.74, 6) is -5.54. The lowest BCUT2D eigenvalue weighted by molar-refractivity contribution is -0.170. The Morgan fingerprint density at radius 3 is 1.67 bits per heavy atom. The van der Waals surface area contributed by atoms with Gasteiger partial charge in [-0.05, 0) is 13.3 Å². The smallest absolute Gasteiger partial charge is 0.355 e. The van der Waals surface area contributed by atoms with Gasteiger partial charge >= 0.3 is 27.0 Å². The Balaban J connectivity index is 4.67. The molecule has 8 nitrogen and oxygen atoms in total. The molecule has 0 aliphatic rings. The summed E-state index contributed by atoms with van der Waals surface area (Å²) in [6.45, 7) is 3.13. The van der Waals surface area contributed by atoms with E-state index in [2.05, 4.69) is 6.92 Å². The van der Waals surface area contributed by atoms with E-state index in [1.165, 1.54) is 32.6 Å². The van der Waals surface area contributed by atoms with Gasteiger partial charge in [-0.3, -0.25) is 9.35 Å². The van der Waals surface area contributed by atoms with Crippen molar-refractivity contribution in [2.24, 2.45) is 5.92 Å². The molecule has 0 aliphatic heterocycles. The van der Waals surface area contributed by atoms with Gasteiger partial charge in [0.15, 0.2) is 0 Å². The lowest BCUT2D eigenvalue weighted by Crippen LogP contribution is -2.57. The van der Waals surface area contributed by atoms with Gasteiger partial charge in [-0.25, -0.2) is 4.79 Å². The highest BCUT2D eigenvalue weighted by Crippen LogP contribution is 2.33. The molecule has 27 heavy (non-hydrogen) atoms. The summed E-state index contributed by atoms with van der Waals surface area (Å²) in [7, 11) is -5.30. The number of unbranched alkanes of at least 4 members (excludes halogenated alkanes) is 9. The summed E-state index contributed by atoms with van der Waals surface area (Å²) >= 11 is 0. The Bertz CT molecular complexity index is 546. The molecule has 0 fully saturated rings. The van der Waals surface area contributed by atoms with Crippen LogP contribution in [0, 0.1) is 5.92 Å². The third kappa shape index (κ3) is 8.15. The van der Waals surface area contributed by atoms with Crippen LogP contribution in [0.5, 0.6) is 0 Å². The van der Waals surface area contributed by atoms with Crippen LogP contribution >= 0.6 is 0 Å². The number of carbonyl (C=O) groups is 2. The Morgan fingerprint density at radius 1 is 0.889 bits per heavy atom. The van der Waals surface area contributed by atoms with Crippen molar-refractivity contribution >= 4 is 22.1 Å². The SMILES string of the molecule is CCCCCCCCCCCCC(C(=O)O)C(OCC)(C(=O)O)S(=O)(=O)O. The Labute approximate surface area is 162 Å². The first-order valence-electron chi connectivity index (χ1n) is 9.72. The first-order valence-corrected chi connectivity index (χ1v) is 11.2. The maximum atomic E-state index is 11.7. The molecule has 0 amide bonds. The molecule has 0 rings (SSSR count). The van der Waals surface area contributed by atoms with Crippen LogP contribution in [0.25, 0.3) is 0 Å². The number of carboxylic acid groups (broad SMARTS) is 2.